The van der Waals surface area contributed by atoms with Gasteiger partial charge in [-0.05, 0) is 64.2 Å². The van der Waals surface area contributed by atoms with Gasteiger partial charge in [-0.25, -0.2) is 0 Å². The maximum Gasteiger partial charge on any atom is 0.306 e. The number of amides is 1. The Morgan fingerprint density at radius 2 is 0.907 bits per heavy atom. The van der Waals surface area contributed by atoms with Crippen LogP contribution >= 0.6 is 0 Å². The van der Waals surface area contributed by atoms with Gasteiger partial charge in [0.05, 0.1) is 25.2 Å². The van der Waals surface area contributed by atoms with Gasteiger partial charge in [-0.1, -0.05) is 193 Å². The van der Waals surface area contributed by atoms with Crippen LogP contribution in [-0.2, 0) is 14.3 Å². The zero-order valence-electron chi connectivity index (χ0n) is 36.1. The van der Waals surface area contributed by atoms with E-state index in [0.717, 1.165) is 70.6 Å². The molecule has 0 aromatic heterocycles. The molecule has 6 heteroatoms. The molecule has 318 valence electrons. The number of carbonyl (C=O) groups is 2. The van der Waals surface area contributed by atoms with Crippen molar-refractivity contribution in [3.8, 4) is 0 Å². The highest BCUT2D eigenvalue weighted by Gasteiger charge is 2.24. The summed E-state index contributed by atoms with van der Waals surface area (Å²) in [6.45, 7) is 6.39. The molecule has 3 atom stereocenters. The van der Waals surface area contributed by atoms with Crippen molar-refractivity contribution in [3.05, 3.63) is 24.3 Å². The zero-order valence-corrected chi connectivity index (χ0v) is 36.1. The standard InChI is InChI=1S/C48H91NO5/c1-4-7-10-13-16-19-21-22-23-24-26-28-31-34-37-40-46(51)45(43-50)49-47(52)42-44(39-36-33-30-27-18-15-12-9-6-3)54-48(53)41-38-35-32-29-25-20-17-14-11-8-5-2/h14-15,17-18,44-46,50-51H,4-13,16,19-43H2,1-3H3,(H,49,52)/b17-14-,18-15-. The second kappa shape index (κ2) is 42.5. The lowest BCUT2D eigenvalue weighted by molar-refractivity contribution is -0.151. The first-order chi connectivity index (χ1) is 26.5. The van der Waals surface area contributed by atoms with Gasteiger partial charge in [0.1, 0.15) is 6.10 Å². The minimum absolute atomic E-state index is 0.0661. The number of esters is 1. The highest BCUT2D eigenvalue weighted by molar-refractivity contribution is 5.77. The Bertz CT molecular complexity index is 858. The van der Waals surface area contributed by atoms with E-state index in [1.165, 1.54) is 128 Å². The summed E-state index contributed by atoms with van der Waals surface area (Å²) in [6, 6.07) is -0.702. The minimum atomic E-state index is -0.788. The van der Waals surface area contributed by atoms with Crippen molar-refractivity contribution in [1.82, 2.24) is 5.32 Å². The van der Waals surface area contributed by atoms with E-state index in [1.54, 1.807) is 0 Å². The molecule has 0 saturated carbocycles. The topological polar surface area (TPSA) is 95.9 Å². The predicted molar refractivity (Wildman–Crippen MR) is 232 cm³/mol. The lowest BCUT2D eigenvalue weighted by atomic mass is 10.0. The summed E-state index contributed by atoms with van der Waals surface area (Å²) in [5.74, 6) is -0.498. The summed E-state index contributed by atoms with van der Waals surface area (Å²) in [6.07, 6.45) is 46.7. The molecule has 6 nitrogen and oxygen atoms in total. The van der Waals surface area contributed by atoms with E-state index in [0.29, 0.717) is 19.3 Å². The number of hydrogen-bond acceptors (Lipinski definition) is 5. The van der Waals surface area contributed by atoms with Crippen LogP contribution in [0.3, 0.4) is 0 Å². The maximum atomic E-state index is 13.1. The SMILES string of the molecule is CCCC/C=C\CCCCCCCC(=O)OC(CCCCC/C=C\CCCC)CC(=O)NC(CO)C(O)CCCCCCCCCCCCCCCCC. The molecule has 54 heavy (non-hydrogen) atoms. The van der Waals surface area contributed by atoms with E-state index >= 15 is 0 Å². The van der Waals surface area contributed by atoms with Gasteiger partial charge in [-0.2, -0.15) is 0 Å². The average molecular weight is 762 g/mol. The molecule has 0 fully saturated rings. The van der Waals surface area contributed by atoms with Crippen molar-refractivity contribution in [2.24, 2.45) is 0 Å². The van der Waals surface area contributed by atoms with E-state index in [2.05, 4.69) is 50.4 Å². The van der Waals surface area contributed by atoms with Gasteiger partial charge in [-0.3, -0.25) is 9.59 Å². The molecule has 3 unspecified atom stereocenters. The van der Waals surface area contributed by atoms with Gasteiger partial charge in [0, 0.05) is 6.42 Å². The number of aliphatic hydroxyl groups excluding tert-OH is 2. The molecular formula is C48H91NO5. The number of unbranched alkanes of at least 4 members (excludes halogenated alkanes) is 26. The maximum absolute atomic E-state index is 13.1. The van der Waals surface area contributed by atoms with E-state index in [4.69, 9.17) is 4.74 Å². The average Bonchev–Trinajstić information content (AvgIpc) is 3.16. The minimum Gasteiger partial charge on any atom is -0.462 e. The van der Waals surface area contributed by atoms with Crippen LogP contribution < -0.4 is 5.32 Å². The van der Waals surface area contributed by atoms with E-state index in [-0.39, 0.29) is 24.9 Å². The highest BCUT2D eigenvalue weighted by Crippen LogP contribution is 2.17. The molecule has 0 rings (SSSR count). The molecule has 0 heterocycles. The monoisotopic (exact) mass is 762 g/mol. The van der Waals surface area contributed by atoms with Gasteiger partial charge in [0.2, 0.25) is 5.91 Å². The van der Waals surface area contributed by atoms with Crippen molar-refractivity contribution < 1.29 is 24.5 Å². The normalized spacial score (nSPS) is 13.5. The van der Waals surface area contributed by atoms with Crippen LogP contribution in [0.15, 0.2) is 24.3 Å². The Labute approximate surface area is 335 Å². The number of rotatable bonds is 42. The Balaban J connectivity index is 4.47. The molecule has 1 amide bonds. The quantitative estimate of drug-likeness (QED) is 0.0327. The van der Waals surface area contributed by atoms with Gasteiger partial charge in [0.15, 0.2) is 0 Å². The number of aliphatic hydroxyl groups is 2. The largest absolute Gasteiger partial charge is 0.462 e. The molecule has 0 aliphatic carbocycles. The number of allylic oxidation sites excluding steroid dienone is 4. The van der Waals surface area contributed by atoms with Crippen LogP contribution in [0.4, 0.5) is 0 Å². The first-order valence-corrected chi connectivity index (χ1v) is 23.6. The Kier molecular flexibility index (Phi) is 41.2. The van der Waals surface area contributed by atoms with E-state index in [1.807, 2.05) is 0 Å². The fourth-order valence-corrected chi connectivity index (χ4v) is 7.10. The fourth-order valence-electron chi connectivity index (χ4n) is 7.10. The van der Waals surface area contributed by atoms with Gasteiger partial charge >= 0.3 is 5.97 Å². The first kappa shape index (κ1) is 52.3. The second-order valence-electron chi connectivity index (χ2n) is 16.2. The smallest absolute Gasteiger partial charge is 0.306 e. The van der Waals surface area contributed by atoms with Crippen molar-refractivity contribution in [2.75, 3.05) is 6.61 Å². The van der Waals surface area contributed by atoms with Gasteiger partial charge in [-0.15, -0.1) is 0 Å². The number of ether oxygens (including phenoxy) is 1. The Morgan fingerprint density at radius 3 is 1.39 bits per heavy atom. The summed E-state index contributed by atoms with van der Waals surface area (Å²) in [4.78, 5) is 25.9. The number of nitrogens with one attached hydrogen (secondary N) is 1. The van der Waals surface area contributed by atoms with Crippen LogP contribution in [0.25, 0.3) is 0 Å². The van der Waals surface area contributed by atoms with Crippen LogP contribution in [0.5, 0.6) is 0 Å². The third-order valence-electron chi connectivity index (χ3n) is 10.8. The third kappa shape index (κ3) is 37.3. The van der Waals surface area contributed by atoms with Gasteiger partial charge in [0.25, 0.3) is 0 Å². The fraction of sp³-hybridized carbons (Fsp3) is 0.875. The lowest BCUT2D eigenvalue weighted by Gasteiger charge is -2.24. The van der Waals surface area contributed by atoms with Gasteiger partial charge < -0.3 is 20.3 Å². The molecule has 0 aliphatic heterocycles. The Hall–Kier alpha value is -1.66. The number of hydrogen-bond donors (Lipinski definition) is 3. The molecule has 0 radical (unpaired) electrons. The summed E-state index contributed by atoms with van der Waals surface area (Å²) in [7, 11) is 0. The van der Waals surface area contributed by atoms with Crippen LogP contribution in [0, 0.1) is 0 Å². The predicted octanol–water partition coefficient (Wildman–Crippen LogP) is 13.6. The van der Waals surface area contributed by atoms with Crippen LogP contribution in [-0.4, -0.2) is 46.9 Å². The van der Waals surface area contributed by atoms with Crippen LogP contribution in [0.1, 0.15) is 245 Å². The molecule has 0 bridgehead atoms. The summed E-state index contributed by atoms with van der Waals surface area (Å²) < 4.78 is 5.87. The van der Waals surface area contributed by atoms with Crippen molar-refractivity contribution in [3.63, 3.8) is 0 Å². The van der Waals surface area contributed by atoms with Crippen LogP contribution in [0.2, 0.25) is 0 Å². The summed E-state index contributed by atoms with van der Waals surface area (Å²) in [5.41, 5.74) is 0. The Morgan fingerprint density at radius 1 is 0.519 bits per heavy atom. The molecule has 3 N–H and O–H groups in total. The lowest BCUT2D eigenvalue weighted by Crippen LogP contribution is -2.46. The molecule has 0 aromatic carbocycles. The van der Waals surface area contributed by atoms with E-state index < -0.39 is 18.2 Å². The third-order valence-corrected chi connectivity index (χ3v) is 10.8. The molecular weight excluding hydrogens is 671 g/mol. The van der Waals surface area contributed by atoms with Crippen molar-refractivity contribution in [1.29, 1.82) is 0 Å². The molecule has 0 saturated heterocycles. The first-order valence-electron chi connectivity index (χ1n) is 23.6. The molecule has 0 spiro atoms. The molecule has 0 aliphatic rings. The van der Waals surface area contributed by atoms with Crippen molar-refractivity contribution >= 4 is 11.9 Å². The van der Waals surface area contributed by atoms with Crippen molar-refractivity contribution in [2.45, 2.75) is 264 Å². The summed E-state index contributed by atoms with van der Waals surface area (Å²) >= 11 is 0. The zero-order chi connectivity index (χ0) is 39.6. The molecule has 0 aromatic rings. The number of carbonyl (C=O) groups excluding carboxylic acids is 2. The second-order valence-corrected chi connectivity index (χ2v) is 16.2. The summed E-state index contributed by atoms with van der Waals surface area (Å²) in [5, 5.41) is 23.7. The highest BCUT2D eigenvalue weighted by atomic mass is 16.5. The van der Waals surface area contributed by atoms with E-state index in [9.17, 15) is 19.8 Å².